The van der Waals surface area contributed by atoms with E-state index in [4.69, 9.17) is 4.74 Å². The summed E-state index contributed by atoms with van der Waals surface area (Å²) in [5, 5.41) is 6.72. The third-order valence-electron chi connectivity index (χ3n) is 3.60. The summed E-state index contributed by atoms with van der Waals surface area (Å²) in [7, 11) is 3.11. The van der Waals surface area contributed by atoms with Crippen molar-refractivity contribution in [1.82, 2.24) is 15.1 Å². The number of methoxy groups -OCH3 is 1. The van der Waals surface area contributed by atoms with Crippen molar-refractivity contribution in [1.29, 1.82) is 0 Å². The molecular formula is C16H18F3N3O2. The SMILES string of the molecule is COC[C@H](NC(=O)c1cc(C)n(C)n1)c1cccc(C(F)(F)F)c1. The first kappa shape index (κ1) is 18.0. The molecule has 1 aromatic carbocycles. The Labute approximate surface area is 137 Å². The van der Waals surface area contributed by atoms with Gasteiger partial charge in [0.1, 0.15) is 5.69 Å². The van der Waals surface area contributed by atoms with Crippen LogP contribution < -0.4 is 5.32 Å². The number of aryl methyl sites for hydroxylation is 2. The quantitative estimate of drug-likeness (QED) is 0.910. The van der Waals surface area contributed by atoms with E-state index in [1.807, 2.05) is 0 Å². The fraction of sp³-hybridized carbons (Fsp3) is 0.375. The van der Waals surface area contributed by atoms with Crippen LogP contribution in [0.3, 0.4) is 0 Å². The Hall–Kier alpha value is -2.35. The van der Waals surface area contributed by atoms with Crippen LogP contribution >= 0.6 is 0 Å². The zero-order valence-corrected chi connectivity index (χ0v) is 13.5. The highest BCUT2D eigenvalue weighted by atomic mass is 19.4. The Morgan fingerprint density at radius 2 is 2.08 bits per heavy atom. The van der Waals surface area contributed by atoms with Crippen LogP contribution in [0.15, 0.2) is 30.3 Å². The molecule has 8 heteroatoms. The molecule has 1 heterocycles. The number of aromatic nitrogens is 2. The largest absolute Gasteiger partial charge is 0.416 e. The Balaban J connectivity index is 2.24. The minimum atomic E-state index is -4.45. The van der Waals surface area contributed by atoms with Gasteiger partial charge in [0.2, 0.25) is 0 Å². The number of ether oxygens (including phenoxy) is 1. The average Bonchev–Trinajstić information content (AvgIpc) is 2.86. The van der Waals surface area contributed by atoms with Crippen molar-refractivity contribution in [3.8, 4) is 0 Å². The van der Waals surface area contributed by atoms with Crippen LogP contribution in [0.4, 0.5) is 13.2 Å². The van der Waals surface area contributed by atoms with Gasteiger partial charge in [-0.05, 0) is 30.7 Å². The monoisotopic (exact) mass is 341 g/mol. The fourth-order valence-electron chi connectivity index (χ4n) is 2.22. The summed E-state index contributed by atoms with van der Waals surface area (Å²) in [5.74, 6) is -0.474. The molecule has 24 heavy (non-hydrogen) atoms. The number of alkyl halides is 3. The average molecular weight is 341 g/mol. The van der Waals surface area contributed by atoms with Gasteiger partial charge in [0.05, 0.1) is 18.2 Å². The van der Waals surface area contributed by atoms with Crippen LogP contribution in [-0.2, 0) is 18.0 Å². The summed E-state index contributed by atoms with van der Waals surface area (Å²) < 4.78 is 45.2. The summed E-state index contributed by atoms with van der Waals surface area (Å²) in [5.41, 5.74) is 0.530. The van der Waals surface area contributed by atoms with E-state index in [2.05, 4.69) is 10.4 Å². The molecule has 1 aromatic heterocycles. The first-order valence-corrected chi connectivity index (χ1v) is 7.20. The lowest BCUT2D eigenvalue weighted by Crippen LogP contribution is -2.32. The van der Waals surface area contributed by atoms with Crippen molar-refractivity contribution in [2.24, 2.45) is 7.05 Å². The van der Waals surface area contributed by atoms with Crippen molar-refractivity contribution in [2.45, 2.75) is 19.1 Å². The van der Waals surface area contributed by atoms with E-state index < -0.39 is 23.7 Å². The summed E-state index contributed by atoms with van der Waals surface area (Å²) in [6, 6.07) is 5.70. The normalized spacial score (nSPS) is 12.9. The molecule has 1 N–H and O–H groups in total. The van der Waals surface area contributed by atoms with Crippen molar-refractivity contribution in [3.63, 3.8) is 0 Å². The van der Waals surface area contributed by atoms with Gasteiger partial charge >= 0.3 is 6.18 Å². The standard InChI is InChI=1S/C16H18F3N3O2/c1-10-7-13(21-22(10)2)15(23)20-14(9-24-3)11-5-4-6-12(8-11)16(17,18)19/h4-8,14H,9H2,1-3H3,(H,20,23)/t14-/m0/s1. The molecule has 2 rings (SSSR count). The molecule has 0 aliphatic rings. The first-order chi connectivity index (χ1) is 11.2. The van der Waals surface area contributed by atoms with E-state index >= 15 is 0 Å². The Bertz CT molecular complexity index is 706. The number of nitrogens with one attached hydrogen (secondary N) is 1. The van der Waals surface area contributed by atoms with E-state index in [1.54, 1.807) is 24.7 Å². The number of nitrogens with zero attached hydrogens (tertiary/aromatic N) is 2. The van der Waals surface area contributed by atoms with Gasteiger partial charge in [-0.15, -0.1) is 0 Å². The predicted molar refractivity (Wildman–Crippen MR) is 81.5 cm³/mol. The zero-order valence-electron chi connectivity index (χ0n) is 13.5. The van der Waals surface area contributed by atoms with Gasteiger partial charge in [0.15, 0.2) is 0 Å². The first-order valence-electron chi connectivity index (χ1n) is 7.20. The summed E-state index contributed by atoms with van der Waals surface area (Å²) in [4.78, 5) is 12.3. The maximum absolute atomic E-state index is 12.9. The zero-order chi connectivity index (χ0) is 17.9. The van der Waals surface area contributed by atoms with E-state index in [0.717, 1.165) is 17.8 Å². The molecule has 0 unspecified atom stereocenters. The highest BCUT2D eigenvalue weighted by molar-refractivity contribution is 5.92. The highest BCUT2D eigenvalue weighted by Gasteiger charge is 2.31. The van der Waals surface area contributed by atoms with Crippen molar-refractivity contribution in [3.05, 3.63) is 52.8 Å². The van der Waals surface area contributed by atoms with Gasteiger partial charge in [-0.2, -0.15) is 18.3 Å². The van der Waals surface area contributed by atoms with Crippen molar-refractivity contribution in [2.75, 3.05) is 13.7 Å². The molecule has 0 aliphatic heterocycles. The summed E-state index contributed by atoms with van der Waals surface area (Å²) in [6.07, 6.45) is -4.45. The molecule has 0 saturated heterocycles. The molecule has 0 spiro atoms. The van der Waals surface area contributed by atoms with E-state index in [-0.39, 0.29) is 12.3 Å². The molecule has 0 radical (unpaired) electrons. The van der Waals surface area contributed by atoms with Crippen LogP contribution in [0.5, 0.6) is 0 Å². The van der Waals surface area contributed by atoms with Crippen LogP contribution in [-0.4, -0.2) is 29.4 Å². The highest BCUT2D eigenvalue weighted by Crippen LogP contribution is 2.30. The lowest BCUT2D eigenvalue weighted by Gasteiger charge is -2.19. The molecular weight excluding hydrogens is 323 g/mol. The van der Waals surface area contributed by atoms with Crippen LogP contribution in [0.25, 0.3) is 0 Å². The lowest BCUT2D eigenvalue weighted by molar-refractivity contribution is -0.137. The Kier molecular flexibility index (Phi) is 5.28. The Morgan fingerprint density at radius 3 is 2.62 bits per heavy atom. The maximum Gasteiger partial charge on any atom is 0.416 e. The smallest absolute Gasteiger partial charge is 0.382 e. The number of carbonyl (C=O) groups excluding carboxylic acids is 1. The fourth-order valence-corrected chi connectivity index (χ4v) is 2.22. The number of hydrogen-bond acceptors (Lipinski definition) is 3. The van der Waals surface area contributed by atoms with Gasteiger partial charge in [-0.1, -0.05) is 12.1 Å². The van der Waals surface area contributed by atoms with Crippen LogP contribution in [0, 0.1) is 6.92 Å². The second-order valence-corrected chi connectivity index (χ2v) is 5.40. The topological polar surface area (TPSA) is 56.1 Å². The molecule has 130 valence electrons. The number of rotatable bonds is 5. The lowest BCUT2D eigenvalue weighted by atomic mass is 10.0. The molecule has 1 amide bonds. The van der Waals surface area contributed by atoms with E-state index in [9.17, 15) is 18.0 Å². The van der Waals surface area contributed by atoms with Gasteiger partial charge in [0, 0.05) is 19.9 Å². The molecule has 5 nitrogen and oxygen atoms in total. The van der Waals surface area contributed by atoms with Gasteiger partial charge < -0.3 is 10.1 Å². The summed E-state index contributed by atoms with van der Waals surface area (Å²) in [6.45, 7) is 1.84. The third-order valence-corrected chi connectivity index (χ3v) is 3.60. The van der Waals surface area contributed by atoms with Gasteiger partial charge in [0.25, 0.3) is 5.91 Å². The molecule has 1 atom stereocenters. The van der Waals surface area contributed by atoms with E-state index in [1.165, 1.54) is 19.2 Å². The number of hydrogen-bond donors (Lipinski definition) is 1. The van der Waals surface area contributed by atoms with Crippen molar-refractivity contribution < 1.29 is 22.7 Å². The number of amides is 1. The second kappa shape index (κ2) is 7.04. The number of benzene rings is 1. The minimum absolute atomic E-state index is 0.0405. The number of halogens is 3. The third kappa shape index (κ3) is 4.14. The summed E-state index contributed by atoms with van der Waals surface area (Å²) >= 11 is 0. The molecule has 0 fully saturated rings. The van der Waals surface area contributed by atoms with Gasteiger partial charge in [-0.25, -0.2) is 0 Å². The van der Waals surface area contributed by atoms with Crippen LogP contribution in [0.2, 0.25) is 0 Å². The van der Waals surface area contributed by atoms with E-state index in [0.29, 0.717) is 5.56 Å². The minimum Gasteiger partial charge on any atom is -0.382 e. The van der Waals surface area contributed by atoms with Crippen molar-refractivity contribution >= 4 is 5.91 Å². The number of carbonyl (C=O) groups is 1. The second-order valence-electron chi connectivity index (χ2n) is 5.40. The predicted octanol–water partition coefficient (Wildman–Crippen LogP) is 2.86. The Morgan fingerprint density at radius 1 is 1.38 bits per heavy atom. The van der Waals surface area contributed by atoms with Crippen LogP contribution in [0.1, 0.15) is 33.4 Å². The molecule has 2 aromatic rings. The maximum atomic E-state index is 12.9. The van der Waals surface area contributed by atoms with Gasteiger partial charge in [-0.3, -0.25) is 9.48 Å². The molecule has 0 saturated carbocycles. The molecule has 0 aliphatic carbocycles. The molecule has 0 bridgehead atoms.